The maximum atomic E-state index is 2.21. The Bertz CT molecular complexity index is 218. The lowest BCUT2D eigenvalue weighted by atomic mass is 10.1. The first-order valence-electron chi connectivity index (χ1n) is 6.30. The Morgan fingerprint density at radius 2 is 1.33 bits per heavy atom. The summed E-state index contributed by atoms with van der Waals surface area (Å²) in [6.07, 6.45) is 6.52. The lowest BCUT2D eigenvalue weighted by molar-refractivity contribution is 0.772. The highest BCUT2D eigenvalue weighted by Gasteiger charge is 1.88. The van der Waals surface area contributed by atoms with Gasteiger partial charge in [0.1, 0.15) is 0 Å². The van der Waals surface area contributed by atoms with Crippen LogP contribution in [0.15, 0.2) is 24.3 Å². The van der Waals surface area contributed by atoms with Crippen molar-refractivity contribution < 1.29 is 0 Å². The van der Waals surface area contributed by atoms with Gasteiger partial charge in [0.05, 0.1) is 0 Å². The van der Waals surface area contributed by atoms with Gasteiger partial charge in [-0.05, 0) is 18.9 Å². The van der Waals surface area contributed by atoms with Crippen molar-refractivity contribution in [1.29, 1.82) is 0 Å². The van der Waals surface area contributed by atoms with Crippen LogP contribution < -0.4 is 0 Å². The molecule has 1 rings (SSSR count). The molecule has 0 aliphatic heterocycles. The summed E-state index contributed by atoms with van der Waals surface area (Å²) in [5.41, 5.74) is 2.80. The zero-order chi connectivity index (χ0) is 11.5. The number of unbranched alkanes of at least 4 members (excludes halogenated alkanes) is 2. The van der Waals surface area contributed by atoms with Crippen molar-refractivity contribution in [3.63, 3.8) is 0 Å². The molecule has 0 aliphatic rings. The smallest absolute Gasteiger partial charge is 0.0281 e. The molecule has 0 unspecified atom stereocenters. The van der Waals surface area contributed by atoms with Crippen molar-refractivity contribution >= 4 is 0 Å². The highest BCUT2D eigenvalue weighted by Crippen LogP contribution is 2.04. The maximum Gasteiger partial charge on any atom is -0.0281 e. The molecule has 0 bridgehead atoms. The molecular formula is C15H26. The lowest BCUT2D eigenvalue weighted by Gasteiger charge is -1.97. The second kappa shape index (κ2) is 9.76. The Labute approximate surface area is 95.7 Å². The third-order valence-corrected chi connectivity index (χ3v) is 2.37. The monoisotopic (exact) mass is 206 g/mol. The Balaban J connectivity index is 0.000000336. The summed E-state index contributed by atoms with van der Waals surface area (Å²) in [6, 6.07) is 8.76. The van der Waals surface area contributed by atoms with E-state index in [-0.39, 0.29) is 0 Å². The van der Waals surface area contributed by atoms with Crippen molar-refractivity contribution in [2.75, 3.05) is 0 Å². The fourth-order valence-corrected chi connectivity index (χ4v) is 1.40. The molecule has 86 valence electrons. The first-order chi connectivity index (χ1) is 7.24. The minimum absolute atomic E-state index is 1.21. The topological polar surface area (TPSA) is 0 Å². The van der Waals surface area contributed by atoms with Crippen molar-refractivity contribution in [1.82, 2.24) is 0 Å². The molecule has 0 N–H and O–H groups in total. The lowest BCUT2D eigenvalue weighted by Crippen LogP contribution is -1.81. The van der Waals surface area contributed by atoms with Crippen LogP contribution >= 0.6 is 0 Å². The summed E-state index contributed by atoms with van der Waals surface area (Å²) in [6.45, 7) is 8.75. The van der Waals surface area contributed by atoms with Crippen molar-refractivity contribution in [3.05, 3.63) is 35.4 Å². The molecule has 0 aromatic heterocycles. The average molecular weight is 206 g/mol. The van der Waals surface area contributed by atoms with Crippen LogP contribution in [0, 0.1) is 6.92 Å². The van der Waals surface area contributed by atoms with Gasteiger partial charge in [-0.2, -0.15) is 0 Å². The molecule has 0 amide bonds. The van der Waals surface area contributed by atoms with E-state index in [1.807, 2.05) is 0 Å². The van der Waals surface area contributed by atoms with Gasteiger partial charge in [0.25, 0.3) is 0 Å². The van der Waals surface area contributed by atoms with Gasteiger partial charge in [0, 0.05) is 0 Å². The van der Waals surface area contributed by atoms with Gasteiger partial charge in [0.2, 0.25) is 0 Å². The second-order valence-corrected chi connectivity index (χ2v) is 4.09. The predicted octanol–water partition coefficient (Wildman–Crippen LogP) is 5.14. The largest absolute Gasteiger partial charge is 0.0654 e. The molecule has 0 heterocycles. The van der Waals surface area contributed by atoms with Gasteiger partial charge in [-0.1, -0.05) is 76.3 Å². The van der Waals surface area contributed by atoms with E-state index < -0.39 is 0 Å². The first-order valence-corrected chi connectivity index (χ1v) is 6.30. The summed E-state index contributed by atoms with van der Waals surface area (Å²) in [5, 5.41) is 0. The predicted molar refractivity (Wildman–Crippen MR) is 70.4 cm³/mol. The van der Waals surface area contributed by atoms with Crippen LogP contribution in [-0.2, 0) is 6.42 Å². The number of benzene rings is 1. The second-order valence-electron chi connectivity index (χ2n) is 4.09. The van der Waals surface area contributed by atoms with E-state index in [0.29, 0.717) is 0 Å². The molecule has 1 aromatic carbocycles. The van der Waals surface area contributed by atoms with Gasteiger partial charge >= 0.3 is 0 Å². The van der Waals surface area contributed by atoms with Crippen LogP contribution in [-0.4, -0.2) is 0 Å². The first kappa shape index (κ1) is 14.2. The summed E-state index contributed by atoms with van der Waals surface area (Å²) in [7, 11) is 0. The molecule has 0 saturated heterocycles. The minimum Gasteiger partial charge on any atom is -0.0654 e. The molecule has 0 nitrogen and oxygen atoms in total. The maximum absolute atomic E-state index is 2.21. The van der Waals surface area contributed by atoms with Gasteiger partial charge in [-0.25, -0.2) is 0 Å². The van der Waals surface area contributed by atoms with E-state index in [1.165, 1.54) is 43.2 Å². The van der Waals surface area contributed by atoms with Crippen LogP contribution in [0.4, 0.5) is 0 Å². The summed E-state index contributed by atoms with van der Waals surface area (Å²) in [5.74, 6) is 0. The SMILES string of the molecule is CCCCC.CCCc1ccc(C)cc1. The van der Waals surface area contributed by atoms with Gasteiger partial charge in [-0.3, -0.25) is 0 Å². The van der Waals surface area contributed by atoms with Gasteiger partial charge in [-0.15, -0.1) is 0 Å². The average Bonchev–Trinajstić information content (AvgIpc) is 2.24. The molecule has 0 spiro atoms. The third kappa shape index (κ3) is 8.23. The summed E-state index contributed by atoms with van der Waals surface area (Å²) in [4.78, 5) is 0. The van der Waals surface area contributed by atoms with Crippen LogP contribution in [0.1, 0.15) is 57.6 Å². The van der Waals surface area contributed by atoms with Crippen LogP contribution in [0.2, 0.25) is 0 Å². The number of rotatable bonds is 4. The van der Waals surface area contributed by atoms with Gasteiger partial charge in [0.15, 0.2) is 0 Å². The number of aryl methyl sites for hydroxylation is 2. The van der Waals surface area contributed by atoms with Crippen molar-refractivity contribution in [2.45, 2.75) is 59.8 Å². The van der Waals surface area contributed by atoms with E-state index in [4.69, 9.17) is 0 Å². The molecule has 1 aromatic rings. The highest BCUT2D eigenvalue weighted by molar-refractivity contribution is 5.21. The molecular weight excluding hydrogens is 180 g/mol. The van der Waals surface area contributed by atoms with Crippen LogP contribution in [0.5, 0.6) is 0 Å². The third-order valence-electron chi connectivity index (χ3n) is 2.37. The molecule has 0 heteroatoms. The molecule has 0 radical (unpaired) electrons. The van der Waals surface area contributed by atoms with Gasteiger partial charge < -0.3 is 0 Å². The van der Waals surface area contributed by atoms with Crippen molar-refractivity contribution in [3.8, 4) is 0 Å². The fraction of sp³-hybridized carbons (Fsp3) is 0.600. The van der Waals surface area contributed by atoms with E-state index in [2.05, 4.69) is 52.0 Å². The van der Waals surface area contributed by atoms with E-state index in [9.17, 15) is 0 Å². The van der Waals surface area contributed by atoms with Crippen LogP contribution in [0.3, 0.4) is 0 Å². The number of hydrogen-bond acceptors (Lipinski definition) is 0. The fourth-order valence-electron chi connectivity index (χ4n) is 1.40. The standard InChI is InChI=1S/C10H14.C5H12/c1-3-4-10-7-5-9(2)6-8-10;1-3-5-4-2/h5-8H,3-4H2,1-2H3;3-5H2,1-2H3. The zero-order valence-electron chi connectivity index (χ0n) is 10.8. The normalized spacial score (nSPS) is 9.33. The van der Waals surface area contributed by atoms with E-state index >= 15 is 0 Å². The Morgan fingerprint density at radius 3 is 1.67 bits per heavy atom. The molecule has 15 heavy (non-hydrogen) atoms. The molecule has 0 fully saturated rings. The minimum atomic E-state index is 1.21. The molecule has 0 atom stereocenters. The molecule has 0 saturated carbocycles. The zero-order valence-corrected chi connectivity index (χ0v) is 10.8. The van der Waals surface area contributed by atoms with Crippen LogP contribution in [0.25, 0.3) is 0 Å². The Kier molecular flexibility index (Phi) is 9.26. The number of hydrogen-bond donors (Lipinski definition) is 0. The highest BCUT2D eigenvalue weighted by atomic mass is 13.9. The van der Waals surface area contributed by atoms with E-state index in [0.717, 1.165) is 0 Å². The quantitative estimate of drug-likeness (QED) is 0.639. The van der Waals surface area contributed by atoms with Crippen molar-refractivity contribution in [2.24, 2.45) is 0 Å². The van der Waals surface area contributed by atoms with E-state index in [1.54, 1.807) is 0 Å². The Hall–Kier alpha value is -0.780. The molecule has 0 aliphatic carbocycles. The summed E-state index contributed by atoms with van der Waals surface area (Å²) >= 11 is 0. The summed E-state index contributed by atoms with van der Waals surface area (Å²) < 4.78 is 0. The Morgan fingerprint density at radius 1 is 0.800 bits per heavy atom.